The molecule has 0 aliphatic carbocycles. The van der Waals surface area contributed by atoms with Crippen molar-refractivity contribution in [3.05, 3.63) is 22.4 Å². The van der Waals surface area contributed by atoms with Gasteiger partial charge in [0.15, 0.2) is 0 Å². The lowest BCUT2D eigenvalue weighted by molar-refractivity contribution is -0.132. The van der Waals surface area contributed by atoms with Crippen molar-refractivity contribution in [2.75, 3.05) is 19.6 Å². The number of carbonyl (C=O) groups is 1. The van der Waals surface area contributed by atoms with Crippen LogP contribution in [0.15, 0.2) is 16.8 Å². The van der Waals surface area contributed by atoms with Gasteiger partial charge in [0.2, 0.25) is 5.91 Å². The fraction of sp³-hybridized carbons (Fsp3) is 0.688. The minimum atomic E-state index is -0.0315. The summed E-state index contributed by atoms with van der Waals surface area (Å²) in [5.74, 6) is 0.264. The van der Waals surface area contributed by atoms with E-state index in [-0.39, 0.29) is 24.2 Å². The lowest BCUT2D eigenvalue weighted by Crippen LogP contribution is -2.44. The smallest absolute Gasteiger partial charge is 0.241 e. The Hall–Kier alpha value is -0.910. The van der Waals surface area contributed by atoms with Gasteiger partial charge in [-0.05, 0) is 61.7 Å². The van der Waals surface area contributed by atoms with Crippen LogP contribution in [-0.2, 0) is 4.79 Å². The average molecular weight is 307 g/mol. The zero-order valence-corrected chi connectivity index (χ0v) is 13.7. The van der Waals surface area contributed by atoms with Crippen molar-refractivity contribution in [2.24, 2.45) is 0 Å². The predicted octanol–water partition coefficient (Wildman–Crippen LogP) is 2.44. The molecule has 0 radical (unpaired) electrons. The number of likely N-dealkylation sites (tertiary alicyclic amines) is 1. The molecule has 1 amide bonds. The third-order valence-corrected chi connectivity index (χ3v) is 5.35. The lowest BCUT2D eigenvalue weighted by Gasteiger charge is -2.32. The van der Waals surface area contributed by atoms with Crippen LogP contribution in [0.4, 0.5) is 0 Å². The number of hydrogen-bond acceptors (Lipinski definition) is 4. The highest BCUT2D eigenvalue weighted by Crippen LogP contribution is 2.30. The molecule has 4 nitrogen and oxygen atoms in total. The van der Waals surface area contributed by atoms with Crippen molar-refractivity contribution in [3.8, 4) is 0 Å². The summed E-state index contributed by atoms with van der Waals surface area (Å²) in [6.45, 7) is 7.62. The Morgan fingerprint density at radius 3 is 2.81 bits per heavy atom. The van der Waals surface area contributed by atoms with Gasteiger partial charge in [-0.1, -0.05) is 6.92 Å². The predicted molar refractivity (Wildman–Crippen MR) is 86.3 cm³/mol. The van der Waals surface area contributed by atoms with Crippen LogP contribution in [0.25, 0.3) is 0 Å². The largest absolute Gasteiger partial charge is 0.318 e. The molecule has 2 aliphatic rings. The van der Waals surface area contributed by atoms with E-state index in [4.69, 9.17) is 0 Å². The van der Waals surface area contributed by atoms with Gasteiger partial charge in [-0.3, -0.25) is 10.1 Å². The molecule has 3 unspecified atom stereocenters. The van der Waals surface area contributed by atoms with E-state index in [2.05, 4.69) is 45.8 Å². The van der Waals surface area contributed by atoms with Gasteiger partial charge in [0.1, 0.15) is 6.17 Å². The first-order valence-corrected chi connectivity index (χ1v) is 8.97. The zero-order valence-electron chi connectivity index (χ0n) is 12.9. The first-order chi connectivity index (χ1) is 10.2. The topological polar surface area (TPSA) is 35.6 Å². The number of hydrogen-bond donors (Lipinski definition) is 1. The summed E-state index contributed by atoms with van der Waals surface area (Å²) >= 11 is 1.69. The molecule has 0 aromatic carbocycles. The molecular formula is C16H25N3OS. The SMILES string of the molecule is CCC1NC(c2ccsc2)N(C(C)CN2CCCC2)C1=O. The Balaban J connectivity index is 1.76. The first kappa shape index (κ1) is 15.0. The monoisotopic (exact) mass is 307 g/mol. The van der Waals surface area contributed by atoms with Crippen LogP contribution in [0, 0.1) is 0 Å². The molecule has 2 saturated heterocycles. The van der Waals surface area contributed by atoms with Crippen molar-refractivity contribution >= 4 is 17.2 Å². The summed E-state index contributed by atoms with van der Waals surface area (Å²) in [6.07, 6.45) is 3.49. The van der Waals surface area contributed by atoms with E-state index in [0.29, 0.717) is 0 Å². The maximum Gasteiger partial charge on any atom is 0.241 e. The lowest BCUT2D eigenvalue weighted by atomic mass is 10.2. The second-order valence-corrected chi connectivity index (χ2v) is 6.97. The van der Waals surface area contributed by atoms with Gasteiger partial charge in [-0.15, -0.1) is 0 Å². The highest BCUT2D eigenvalue weighted by Gasteiger charge is 2.41. The summed E-state index contributed by atoms with van der Waals surface area (Å²) in [5, 5.41) is 7.75. The Morgan fingerprint density at radius 2 is 2.19 bits per heavy atom. The third-order valence-electron chi connectivity index (χ3n) is 4.65. The molecule has 0 spiro atoms. The number of nitrogens with one attached hydrogen (secondary N) is 1. The van der Waals surface area contributed by atoms with Crippen molar-refractivity contribution < 1.29 is 4.79 Å². The molecule has 5 heteroatoms. The number of amides is 1. The minimum Gasteiger partial charge on any atom is -0.318 e. The fourth-order valence-electron chi connectivity index (χ4n) is 3.53. The molecule has 0 saturated carbocycles. The van der Waals surface area contributed by atoms with Crippen LogP contribution in [0.2, 0.25) is 0 Å². The maximum atomic E-state index is 12.7. The van der Waals surface area contributed by atoms with Crippen molar-refractivity contribution in [1.29, 1.82) is 0 Å². The second kappa shape index (κ2) is 6.46. The number of rotatable bonds is 5. The summed E-state index contributed by atoms with van der Waals surface area (Å²) in [7, 11) is 0. The van der Waals surface area contributed by atoms with E-state index in [1.807, 2.05) is 0 Å². The van der Waals surface area contributed by atoms with E-state index in [0.717, 1.165) is 13.0 Å². The van der Waals surface area contributed by atoms with E-state index in [1.165, 1.54) is 31.5 Å². The van der Waals surface area contributed by atoms with E-state index in [9.17, 15) is 4.79 Å². The van der Waals surface area contributed by atoms with Gasteiger partial charge < -0.3 is 9.80 Å². The highest BCUT2D eigenvalue weighted by molar-refractivity contribution is 7.07. The van der Waals surface area contributed by atoms with E-state index < -0.39 is 0 Å². The Bertz CT molecular complexity index is 470. The summed E-state index contributed by atoms with van der Waals surface area (Å²) < 4.78 is 0. The van der Waals surface area contributed by atoms with Gasteiger partial charge in [-0.2, -0.15) is 11.3 Å². The molecule has 3 heterocycles. The van der Waals surface area contributed by atoms with Gasteiger partial charge >= 0.3 is 0 Å². The normalized spacial score (nSPS) is 28.5. The molecule has 3 rings (SSSR count). The maximum absolute atomic E-state index is 12.7. The molecule has 3 atom stereocenters. The summed E-state index contributed by atoms with van der Waals surface area (Å²) in [5.41, 5.74) is 1.22. The van der Waals surface area contributed by atoms with Crippen LogP contribution in [0.1, 0.15) is 44.8 Å². The quantitative estimate of drug-likeness (QED) is 0.907. The summed E-state index contributed by atoms with van der Waals surface area (Å²) in [6, 6.07) is 2.35. The number of nitrogens with zero attached hydrogens (tertiary/aromatic N) is 2. The molecule has 1 N–H and O–H groups in total. The van der Waals surface area contributed by atoms with Crippen LogP contribution < -0.4 is 5.32 Å². The van der Waals surface area contributed by atoms with Crippen LogP contribution in [0.5, 0.6) is 0 Å². The first-order valence-electron chi connectivity index (χ1n) is 8.03. The van der Waals surface area contributed by atoms with E-state index >= 15 is 0 Å². The van der Waals surface area contributed by atoms with Crippen LogP contribution >= 0.6 is 11.3 Å². The molecule has 116 valence electrons. The molecule has 21 heavy (non-hydrogen) atoms. The molecule has 0 bridgehead atoms. The molecule has 1 aromatic rings. The van der Waals surface area contributed by atoms with E-state index in [1.54, 1.807) is 11.3 Å². The van der Waals surface area contributed by atoms with Gasteiger partial charge in [-0.25, -0.2) is 0 Å². The van der Waals surface area contributed by atoms with Crippen LogP contribution in [0.3, 0.4) is 0 Å². The molecular weight excluding hydrogens is 282 g/mol. The zero-order chi connectivity index (χ0) is 14.8. The van der Waals surface area contributed by atoms with Gasteiger partial charge in [0, 0.05) is 12.6 Å². The molecule has 1 aromatic heterocycles. The summed E-state index contributed by atoms with van der Waals surface area (Å²) in [4.78, 5) is 17.3. The van der Waals surface area contributed by atoms with Crippen molar-refractivity contribution in [3.63, 3.8) is 0 Å². The Kier molecular flexibility index (Phi) is 4.62. The van der Waals surface area contributed by atoms with Crippen molar-refractivity contribution in [1.82, 2.24) is 15.1 Å². The standard InChI is InChI=1S/C16H25N3OS/c1-3-14-16(20)19(12(2)10-18-7-4-5-8-18)15(17-14)13-6-9-21-11-13/h6,9,11-12,14-15,17H,3-5,7-8,10H2,1-2H3. The fourth-order valence-corrected chi connectivity index (χ4v) is 4.21. The van der Waals surface area contributed by atoms with Crippen molar-refractivity contribution in [2.45, 2.75) is 51.4 Å². The average Bonchev–Trinajstić information content (AvgIpc) is 3.17. The third kappa shape index (κ3) is 3.00. The molecule has 2 aliphatic heterocycles. The Morgan fingerprint density at radius 1 is 1.43 bits per heavy atom. The molecule has 2 fully saturated rings. The highest BCUT2D eigenvalue weighted by atomic mass is 32.1. The van der Waals surface area contributed by atoms with Crippen LogP contribution in [-0.4, -0.2) is 47.4 Å². The minimum absolute atomic E-state index is 0.0315. The number of carbonyl (C=O) groups excluding carboxylic acids is 1. The number of thiophene rings is 1. The second-order valence-electron chi connectivity index (χ2n) is 6.19. The van der Waals surface area contributed by atoms with Gasteiger partial charge in [0.25, 0.3) is 0 Å². The Labute approximate surface area is 131 Å². The van der Waals surface area contributed by atoms with Gasteiger partial charge in [0.05, 0.1) is 6.04 Å².